The van der Waals surface area contributed by atoms with Crippen LogP contribution >= 0.6 is 27.5 Å². The Bertz CT molecular complexity index is 583. The number of hydrogen-bond acceptors (Lipinski definition) is 1. The summed E-state index contributed by atoms with van der Waals surface area (Å²) in [4.78, 5) is 0. The van der Waals surface area contributed by atoms with Crippen molar-refractivity contribution in [3.8, 4) is 0 Å². The van der Waals surface area contributed by atoms with Gasteiger partial charge in [0, 0.05) is 15.5 Å². The number of benzene rings is 2. The topological polar surface area (TPSA) is 12.0 Å². The summed E-state index contributed by atoms with van der Waals surface area (Å²) >= 11 is 9.79. The molecule has 0 aliphatic rings. The van der Waals surface area contributed by atoms with E-state index in [9.17, 15) is 0 Å². The van der Waals surface area contributed by atoms with Crippen LogP contribution < -0.4 is 5.32 Å². The lowest BCUT2D eigenvalue weighted by atomic mass is 9.95. The van der Waals surface area contributed by atoms with E-state index in [2.05, 4.69) is 65.4 Å². The van der Waals surface area contributed by atoms with Gasteiger partial charge in [0.15, 0.2) is 0 Å². The molecule has 2 rings (SSSR count). The maximum atomic E-state index is 6.16. The van der Waals surface area contributed by atoms with E-state index in [0.717, 1.165) is 22.5 Å². The summed E-state index contributed by atoms with van der Waals surface area (Å²) < 4.78 is 1.16. The van der Waals surface area contributed by atoms with Crippen molar-refractivity contribution in [1.29, 1.82) is 0 Å². The van der Waals surface area contributed by atoms with Crippen molar-refractivity contribution in [2.24, 2.45) is 0 Å². The van der Waals surface area contributed by atoms with Gasteiger partial charge in [-0.1, -0.05) is 58.7 Å². The van der Waals surface area contributed by atoms with E-state index in [0.29, 0.717) is 0 Å². The third kappa shape index (κ3) is 3.85. The minimum absolute atomic E-state index is 0.275. The van der Waals surface area contributed by atoms with Crippen molar-refractivity contribution >= 4 is 27.5 Å². The molecule has 1 nitrogen and oxygen atoms in total. The fraction of sp³-hybridized carbons (Fsp3) is 0.294. The number of likely N-dealkylation sites (N-methyl/N-ethyl adjacent to an activating group) is 1. The molecule has 20 heavy (non-hydrogen) atoms. The Hall–Kier alpha value is -0.830. The summed E-state index contributed by atoms with van der Waals surface area (Å²) in [6, 6.07) is 14.7. The molecule has 0 saturated heterocycles. The highest BCUT2D eigenvalue weighted by Gasteiger charge is 2.15. The Labute approximate surface area is 134 Å². The second kappa shape index (κ2) is 7.26. The van der Waals surface area contributed by atoms with Crippen LogP contribution in [0.25, 0.3) is 0 Å². The van der Waals surface area contributed by atoms with Gasteiger partial charge >= 0.3 is 0 Å². The van der Waals surface area contributed by atoms with E-state index in [1.165, 1.54) is 16.7 Å². The molecule has 0 radical (unpaired) electrons. The van der Waals surface area contributed by atoms with Crippen molar-refractivity contribution in [2.75, 3.05) is 6.54 Å². The zero-order valence-corrected chi connectivity index (χ0v) is 14.1. The van der Waals surface area contributed by atoms with Gasteiger partial charge in [-0.2, -0.15) is 0 Å². The average molecular weight is 353 g/mol. The first kappa shape index (κ1) is 15.6. The summed E-state index contributed by atoms with van der Waals surface area (Å²) in [5, 5.41) is 4.36. The largest absolute Gasteiger partial charge is 0.310 e. The smallest absolute Gasteiger partial charge is 0.0409 e. The van der Waals surface area contributed by atoms with E-state index in [1.54, 1.807) is 0 Å². The second-order valence-corrected chi connectivity index (χ2v) is 6.20. The fourth-order valence-electron chi connectivity index (χ4n) is 2.41. The molecule has 1 unspecified atom stereocenters. The molecule has 0 aliphatic carbocycles. The molecule has 0 aromatic heterocycles. The first-order valence-corrected chi connectivity index (χ1v) is 8.01. The van der Waals surface area contributed by atoms with Crippen LogP contribution in [-0.4, -0.2) is 6.54 Å². The maximum absolute atomic E-state index is 6.16. The Kier molecular flexibility index (Phi) is 5.64. The molecular weight excluding hydrogens is 334 g/mol. The summed E-state index contributed by atoms with van der Waals surface area (Å²) in [6.07, 6.45) is 0.941. The minimum atomic E-state index is 0.275. The van der Waals surface area contributed by atoms with Crippen LogP contribution in [0.1, 0.15) is 29.7 Å². The Morgan fingerprint density at radius 3 is 2.65 bits per heavy atom. The van der Waals surface area contributed by atoms with E-state index in [1.807, 2.05) is 12.1 Å². The molecule has 3 heteroatoms. The van der Waals surface area contributed by atoms with Crippen LogP contribution in [0, 0.1) is 6.92 Å². The molecule has 0 fully saturated rings. The lowest BCUT2D eigenvalue weighted by Gasteiger charge is -2.21. The molecule has 0 spiro atoms. The van der Waals surface area contributed by atoms with Crippen LogP contribution in [0.3, 0.4) is 0 Å². The third-order valence-corrected chi connectivity index (χ3v) is 4.46. The third-order valence-electron chi connectivity index (χ3n) is 3.45. The highest BCUT2D eigenvalue weighted by molar-refractivity contribution is 9.10. The minimum Gasteiger partial charge on any atom is -0.310 e. The molecule has 2 aromatic carbocycles. The predicted molar refractivity (Wildman–Crippen MR) is 90.5 cm³/mol. The fourth-order valence-corrected chi connectivity index (χ4v) is 3.04. The van der Waals surface area contributed by atoms with Gasteiger partial charge in [-0.3, -0.25) is 0 Å². The van der Waals surface area contributed by atoms with Crippen LogP contribution in [0.4, 0.5) is 0 Å². The van der Waals surface area contributed by atoms with Gasteiger partial charge in [-0.25, -0.2) is 0 Å². The van der Waals surface area contributed by atoms with Gasteiger partial charge in [0.2, 0.25) is 0 Å². The monoisotopic (exact) mass is 351 g/mol. The van der Waals surface area contributed by atoms with Crippen molar-refractivity contribution < 1.29 is 0 Å². The van der Waals surface area contributed by atoms with Gasteiger partial charge in [-0.05, 0) is 54.8 Å². The van der Waals surface area contributed by atoms with Gasteiger partial charge in [-0.15, -0.1) is 0 Å². The number of halogens is 2. The van der Waals surface area contributed by atoms with Gasteiger partial charge in [0.05, 0.1) is 0 Å². The first-order valence-electron chi connectivity index (χ1n) is 6.84. The van der Waals surface area contributed by atoms with Crippen molar-refractivity contribution in [3.63, 3.8) is 0 Å². The average Bonchev–Trinajstić information content (AvgIpc) is 2.43. The van der Waals surface area contributed by atoms with Crippen molar-refractivity contribution in [2.45, 2.75) is 26.3 Å². The molecular formula is C17H19BrClN. The lowest BCUT2D eigenvalue weighted by Crippen LogP contribution is -2.23. The van der Waals surface area contributed by atoms with E-state index >= 15 is 0 Å². The Morgan fingerprint density at radius 2 is 1.95 bits per heavy atom. The van der Waals surface area contributed by atoms with Gasteiger partial charge < -0.3 is 5.32 Å². The first-order chi connectivity index (χ1) is 9.61. The van der Waals surface area contributed by atoms with E-state index < -0.39 is 0 Å². The number of aryl methyl sites for hydroxylation is 1. The van der Waals surface area contributed by atoms with Crippen LogP contribution in [0.15, 0.2) is 46.9 Å². The van der Waals surface area contributed by atoms with E-state index in [4.69, 9.17) is 11.6 Å². The van der Waals surface area contributed by atoms with Crippen LogP contribution in [-0.2, 0) is 6.42 Å². The number of rotatable bonds is 5. The van der Waals surface area contributed by atoms with Crippen LogP contribution in [0.5, 0.6) is 0 Å². The molecule has 0 amide bonds. The summed E-state index contributed by atoms with van der Waals surface area (Å²) in [5.41, 5.74) is 3.85. The maximum Gasteiger partial charge on any atom is 0.0409 e. The van der Waals surface area contributed by atoms with Crippen LogP contribution in [0.2, 0.25) is 5.02 Å². The molecule has 0 saturated carbocycles. The molecule has 0 heterocycles. The number of nitrogens with one attached hydrogen (secondary N) is 1. The van der Waals surface area contributed by atoms with Crippen molar-refractivity contribution in [3.05, 3.63) is 68.7 Å². The molecule has 2 aromatic rings. The predicted octanol–water partition coefficient (Wildman–Crippen LogP) is 5.30. The van der Waals surface area contributed by atoms with Crippen molar-refractivity contribution in [1.82, 2.24) is 5.32 Å². The Balaban J connectivity index is 2.32. The highest BCUT2D eigenvalue weighted by Crippen LogP contribution is 2.27. The Morgan fingerprint density at radius 1 is 1.20 bits per heavy atom. The highest BCUT2D eigenvalue weighted by atomic mass is 79.9. The summed E-state index contributed by atoms with van der Waals surface area (Å²) in [6.45, 7) is 5.20. The summed E-state index contributed by atoms with van der Waals surface area (Å²) in [7, 11) is 0. The molecule has 106 valence electrons. The molecule has 1 N–H and O–H groups in total. The quantitative estimate of drug-likeness (QED) is 0.769. The van der Waals surface area contributed by atoms with Gasteiger partial charge in [0.25, 0.3) is 0 Å². The SMILES string of the molecule is CCNC(Cc1ccccc1Br)c1cc(Cl)ccc1C. The normalized spacial score (nSPS) is 12.4. The lowest BCUT2D eigenvalue weighted by molar-refractivity contribution is 0.546. The zero-order chi connectivity index (χ0) is 14.5. The molecule has 0 bridgehead atoms. The van der Waals surface area contributed by atoms with E-state index in [-0.39, 0.29) is 6.04 Å². The second-order valence-electron chi connectivity index (χ2n) is 4.91. The van der Waals surface area contributed by atoms with Gasteiger partial charge in [0.1, 0.15) is 0 Å². The summed E-state index contributed by atoms with van der Waals surface area (Å²) in [5.74, 6) is 0. The standard InChI is InChI=1S/C17H19BrClN/c1-3-20-17(10-13-6-4-5-7-16(13)18)15-11-14(19)9-8-12(15)2/h4-9,11,17,20H,3,10H2,1-2H3. The number of hydrogen-bond donors (Lipinski definition) is 1. The molecule has 1 atom stereocenters. The zero-order valence-electron chi connectivity index (χ0n) is 11.8. The molecule has 0 aliphatic heterocycles.